The van der Waals surface area contributed by atoms with E-state index in [-0.39, 0.29) is 24.9 Å². The molecule has 2 aliphatic heterocycles. The smallest absolute Gasteiger partial charge is 0.261 e. The molecule has 1 saturated heterocycles. The fourth-order valence-corrected chi connectivity index (χ4v) is 6.83. The minimum atomic E-state index is -3.75. The lowest BCUT2D eigenvalue weighted by Gasteiger charge is -2.35. The number of amides is 3. The third kappa shape index (κ3) is 6.21. The summed E-state index contributed by atoms with van der Waals surface area (Å²) in [5.74, 6) is -0.955. The second-order valence-corrected chi connectivity index (χ2v) is 13.1. The van der Waals surface area contributed by atoms with Crippen LogP contribution in [0, 0.1) is 0 Å². The van der Waals surface area contributed by atoms with Crippen LogP contribution >= 0.6 is 11.6 Å². The van der Waals surface area contributed by atoms with Crippen molar-refractivity contribution in [3.63, 3.8) is 0 Å². The van der Waals surface area contributed by atoms with E-state index in [9.17, 15) is 22.8 Å². The Labute approximate surface area is 250 Å². The topological polar surface area (TPSA) is 121 Å². The van der Waals surface area contributed by atoms with Crippen molar-refractivity contribution in [2.24, 2.45) is 5.73 Å². The molecule has 0 bridgehead atoms. The molecule has 11 heteroatoms. The van der Waals surface area contributed by atoms with E-state index in [2.05, 4.69) is 0 Å². The van der Waals surface area contributed by atoms with E-state index < -0.39 is 27.9 Å². The molecule has 0 aliphatic carbocycles. The lowest BCUT2D eigenvalue weighted by molar-refractivity contribution is -0.133. The van der Waals surface area contributed by atoms with Gasteiger partial charge in [-0.2, -0.15) is 0 Å². The first-order chi connectivity index (χ1) is 20.0. The molecule has 3 aromatic carbocycles. The lowest BCUT2D eigenvalue weighted by Crippen LogP contribution is -2.48. The largest absolute Gasteiger partial charge is 0.341 e. The summed E-state index contributed by atoms with van der Waals surface area (Å²) >= 11 is 5.96. The zero-order chi connectivity index (χ0) is 30.0. The first-order valence-electron chi connectivity index (χ1n) is 13.8. The van der Waals surface area contributed by atoms with Gasteiger partial charge in [-0.1, -0.05) is 54.1 Å². The SMILES string of the molecule is CS(=O)(=O)N(CCN1C(=O)c2ccccc2C1=O)c1ccccc1C1CCN(C(=O)[C@H](N)Cc2ccc(Cl)cc2)CC1. The highest BCUT2D eigenvalue weighted by atomic mass is 35.5. The minimum Gasteiger partial charge on any atom is -0.341 e. The molecule has 1 fully saturated rings. The number of piperidine rings is 1. The van der Waals surface area contributed by atoms with E-state index in [1.165, 1.54) is 4.31 Å². The van der Waals surface area contributed by atoms with Crippen LogP contribution in [0.3, 0.4) is 0 Å². The number of hydrogen-bond acceptors (Lipinski definition) is 6. The number of likely N-dealkylation sites (tertiary alicyclic amines) is 1. The molecule has 0 radical (unpaired) electrons. The van der Waals surface area contributed by atoms with Crippen molar-refractivity contribution in [2.45, 2.75) is 31.2 Å². The molecule has 5 rings (SSSR count). The van der Waals surface area contributed by atoms with Gasteiger partial charge in [-0.3, -0.25) is 23.6 Å². The molecule has 0 saturated carbocycles. The summed E-state index contributed by atoms with van der Waals surface area (Å²) in [4.78, 5) is 41.7. The van der Waals surface area contributed by atoms with E-state index in [1.807, 2.05) is 24.3 Å². The van der Waals surface area contributed by atoms with E-state index in [4.69, 9.17) is 17.3 Å². The predicted molar refractivity (Wildman–Crippen MR) is 162 cm³/mol. The fourth-order valence-electron chi connectivity index (χ4n) is 5.76. The fraction of sp³-hybridized carbons (Fsp3) is 0.323. The van der Waals surface area contributed by atoms with Crippen LogP contribution in [0.1, 0.15) is 50.6 Å². The maximum atomic E-state index is 13.1. The van der Waals surface area contributed by atoms with Crippen LogP contribution in [0.2, 0.25) is 5.02 Å². The van der Waals surface area contributed by atoms with Crippen LogP contribution in [-0.2, 0) is 21.2 Å². The Morgan fingerprint density at radius 2 is 1.52 bits per heavy atom. The van der Waals surface area contributed by atoms with Crippen LogP contribution in [0.25, 0.3) is 0 Å². The first kappa shape index (κ1) is 29.8. The Kier molecular flexibility index (Phi) is 8.68. The van der Waals surface area contributed by atoms with Gasteiger partial charge in [0.1, 0.15) is 0 Å². The highest BCUT2D eigenvalue weighted by molar-refractivity contribution is 7.92. The lowest BCUT2D eigenvalue weighted by atomic mass is 9.88. The first-order valence-corrected chi connectivity index (χ1v) is 16.1. The molecule has 0 spiro atoms. The summed E-state index contributed by atoms with van der Waals surface area (Å²) in [6.45, 7) is 0.852. The van der Waals surface area contributed by atoms with Crippen LogP contribution in [0.15, 0.2) is 72.8 Å². The number of halogens is 1. The van der Waals surface area contributed by atoms with Crippen molar-refractivity contribution < 1.29 is 22.8 Å². The van der Waals surface area contributed by atoms with Gasteiger partial charge in [-0.25, -0.2) is 8.42 Å². The number of imide groups is 1. The Balaban J connectivity index is 1.27. The summed E-state index contributed by atoms with van der Waals surface area (Å²) in [7, 11) is -3.75. The van der Waals surface area contributed by atoms with Gasteiger partial charge in [0.05, 0.1) is 35.7 Å². The molecule has 220 valence electrons. The van der Waals surface area contributed by atoms with Gasteiger partial charge in [0.2, 0.25) is 15.9 Å². The molecular formula is C31H33ClN4O5S. The molecule has 3 amide bonds. The molecule has 2 heterocycles. The normalized spacial score (nSPS) is 16.5. The number of sulfonamides is 1. The Bertz CT molecular complexity index is 1570. The van der Waals surface area contributed by atoms with Crippen molar-refractivity contribution in [1.29, 1.82) is 0 Å². The van der Waals surface area contributed by atoms with E-state index in [0.29, 0.717) is 54.2 Å². The standard InChI is InChI=1S/C31H33ClN4O5S/c1-42(40,41)36(19-18-35-29(37)25-7-2-3-8-26(25)30(35)38)28-9-5-4-6-24(28)22-14-16-34(17-15-22)31(39)27(33)20-21-10-12-23(32)13-11-21/h2-13,22,27H,14-20,33H2,1H3/t27-/m1/s1. The number of carbonyl (C=O) groups excluding carboxylic acids is 3. The van der Waals surface area contributed by atoms with Crippen molar-refractivity contribution in [1.82, 2.24) is 9.80 Å². The number of hydrogen-bond donors (Lipinski definition) is 1. The van der Waals surface area contributed by atoms with Gasteiger partial charge < -0.3 is 10.6 Å². The Morgan fingerprint density at radius 1 is 0.952 bits per heavy atom. The number of para-hydroxylation sites is 1. The number of fused-ring (bicyclic) bond motifs is 1. The van der Waals surface area contributed by atoms with Gasteiger partial charge in [0, 0.05) is 24.7 Å². The summed E-state index contributed by atoms with van der Waals surface area (Å²) < 4.78 is 27.3. The zero-order valence-corrected chi connectivity index (χ0v) is 24.9. The molecule has 0 unspecified atom stereocenters. The highest BCUT2D eigenvalue weighted by Gasteiger charge is 2.36. The summed E-state index contributed by atoms with van der Waals surface area (Å²) in [6, 6.07) is 20.5. The predicted octanol–water partition coefficient (Wildman–Crippen LogP) is 3.68. The van der Waals surface area contributed by atoms with Gasteiger partial charge in [0.25, 0.3) is 11.8 Å². The molecule has 2 aliphatic rings. The molecule has 9 nitrogen and oxygen atoms in total. The molecular weight excluding hydrogens is 576 g/mol. The van der Waals surface area contributed by atoms with Crippen molar-refractivity contribution >= 4 is 45.0 Å². The second kappa shape index (κ2) is 12.2. The number of nitrogens with two attached hydrogens (primary N) is 1. The van der Waals surface area contributed by atoms with Crippen LogP contribution in [0.4, 0.5) is 5.69 Å². The van der Waals surface area contributed by atoms with Crippen LogP contribution in [-0.4, -0.2) is 74.4 Å². The number of nitrogens with zero attached hydrogens (tertiary/aromatic N) is 3. The van der Waals surface area contributed by atoms with Gasteiger partial charge in [-0.05, 0) is 66.6 Å². The zero-order valence-electron chi connectivity index (χ0n) is 23.3. The average molecular weight is 609 g/mol. The maximum Gasteiger partial charge on any atom is 0.261 e. The third-order valence-corrected chi connectivity index (χ3v) is 9.38. The maximum absolute atomic E-state index is 13.1. The van der Waals surface area contributed by atoms with E-state index >= 15 is 0 Å². The van der Waals surface area contributed by atoms with Crippen molar-refractivity contribution in [3.05, 3.63) is 100 Å². The van der Waals surface area contributed by atoms with Gasteiger partial charge >= 0.3 is 0 Å². The molecule has 3 aromatic rings. The van der Waals surface area contributed by atoms with Gasteiger partial charge in [0.15, 0.2) is 0 Å². The van der Waals surface area contributed by atoms with Crippen molar-refractivity contribution in [3.8, 4) is 0 Å². The number of benzene rings is 3. The quantitative estimate of drug-likeness (QED) is 0.370. The van der Waals surface area contributed by atoms with Crippen molar-refractivity contribution in [2.75, 3.05) is 36.7 Å². The van der Waals surface area contributed by atoms with Gasteiger partial charge in [-0.15, -0.1) is 0 Å². The summed E-state index contributed by atoms with van der Waals surface area (Å²) in [6.07, 6.45) is 2.82. The minimum absolute atomic E-state index is 0.0151. The number of rotatable bonds is 9. The average Bonchev–Trinajstić information content (AvgIpc) is 3.22. The molecule has 0 aromatic heterocycles. The number of anilines is 1. The summed E-state index contributed by atoms with van der Waals surface area (Å²) in [5, 5.41) is 0.624. The molecule has 2 N–H and O–H groups in total. The third-order valence-electron chi connectivity index (χ3n) is 7.94. The van der Waals surface area contributed by atoms with E-state index in [1.54, 1.807) is 53.4 Å². The van der Waals surface area contributed by atoms with Crippen LogP contribution < -0.4 is 10.0 Å². The number of carbonyl (C=O) groups is 3. The molecule has 1 atom stereocenters. The highest BCUT2D eigenvalue weighted by Crippen LogP contribution is 2.36. The molecule has 42 heavy (non-hydrogen) atoms. The van der Waals surface area contributed by atoms with Crippen LogP contribution in [0.5, 0.6) is 0 Å². The summed E-state index contributed by atoms with van der Waals surface area (Å²) in [5.41, 5.74) is 9.20. The Hall–Kier alpha value is -3.73. The second-order valence-electron chi connectivity index (χ2n) is 10.7. The van der Waals surface area contributed by atoms with E-state index in [0.717, 1.165) is 22.3 Å². The monoisotopic (exact) mass is 608 g/mol. The Morgan fingerprint density at radius 3 is 2.12 bits per heavy atom.